The molecule has 0 aromatic heterocycles. The van der Waals surface area contributed by atoms with Gasteiger partial charge in [0.1, 0.15) is 0 Å². The Hall–Kier alpha value is -0.570. The van der Waals surface area contributed by atoms with Crippen LogP contribution >= 0.6 is 11.6 Å². The first-order chi connectivity index (χ1) is 6.97. The first-order valence-electron chi connectivity index (χ1n) is 5.09. The predicted octanol–water partition coefficient (Wildman–Crippen LogP) is 2.35. The van der Waals surface area contributed by atoms with E-state index in [4.69, 9.17) is 22.1 Å². The van der Waals surface area contributed by atoms with E-state index in [1.165, 1.54) is 0 Å². The van der Waals surface area contributed by atoms with Crippen LogP contribution in [0.4, 0.5) is 0 Å². The van der Waals surface area contributed by atoms with E-state index in [2.05, 4.69) is 0 Å². The molecule has 2 N–H and O–H groups in total. The lowest BCUT2D eigenvalue weighted by Crippen LogP contribution is -2.64. The number of benzene rings is 1. The number of nitrogens with two attached hydrogens (primary N) is 1. The van der Waals surface area contributed by atoms with E-state index < -0.39 is 0 Å². The molecule has 1 aliphatic rings. The first-order valence-corrected chi connectivity index (χ1v) is 5.47. The van der Waals surface area contributed by atoms with Crippen LogP contribution in [0.5, 0.6) is 0 Å². The Morgan fingerprint density at radius 3 is 2.33 bits per heavy atom. The van der Waals surface area contributed by atoms with Gasteiger partial charge < -0.3 is 10.5 Å². The SMILES string of the molecule is CC(C)(N)C1(c2ccccc2Cl)COC1. The summed E-state index contributed by atoms with van der Waals surface area (Å²) >= 11 is 6.22. The van der Waals surface area contributed by atoms with Crippen LogP contribution in [-0.2, 0) is 10.2 Å². The van der Waals surface area contributed by atoms with Gasteiger partial charge in [0.15, 0.2) is 0 Å². The monoisotopic (exact) mass is 225 g/mol. The molecule has 0 spiro atoms. The molecular formula is C12H16ClNO. The van der Waals surface area contributed by atoms with E-state index in [1.807, 2.05) is 38.1 Å². The van der Waals surface area contributed by atoms with E-state index in [9.17, 15) is 0 Å². The van der Waals surface area contributed by atoms with Crippen LogP contribution in [0.3, 0.4) is 0 Å². The normalized spacial score (nSPS) is 19.7. The summed E-state index contributed by atoms with van der Waals surface area (Å²) in [6, 6.07) is 7.87. The van der Waals surface area contributed by atoms with Crippen LogP contribution in [0, 0.1) is 0 Å². The predicted molar refractivity (Wildman–Crippen MR) is 62.2 cm³/mol. The Kier molecular flexibility index (Phi) is 2.53. The molecule has 0 saturated carbocycles. The lowest BCUT2D eigenvalue weighted by molar-refractivity contribution is -0.0918. The fourth-order valence-corrected chi connectivity index (χ4v) is 2.35. The van der Waals surface area contributed by atoms with Crippen molar-refractivity contribution in [2.45, 2.75) is 24.8 Å². The summed E-state index contributed by atoms with van der Waals surface area (Å²) in [5.74, 6) is 0. The van der Waals surface area contributed by atoms with Crippen molar-refractivity contribution < 1.29 is 4.74 Å². The van der Waals surface area contributed by atoms with E-state index in [0.717, 1.165) is 10.6 Å². The van der Waals surface area contributed by atoms with Crippen molar-refractivity contribution in [3.05, 3.63) is 34.9 Å². The third kappa shape index (κ3) is 1.57. The molecule has 1 aromatic rings. The molecule has 15 heavy (non-hydrogen) atoms. The molecule has 1 aliphatic heterocycles. The van der Waals surface area contributed by atoms with Crippen LogP contribution in [0.25, 0.3) is 0 Å². The molecule has 3 heteroatoms. The van der Waals surface area contributed by atoms with E-state index in [1.54, 1.807) is 0 Å². The molecule has 2 nitrogen and oxygen atoms in total. The summed E-state index contributed by atoms with van der Waals surface area (Å²) in [5, 5.41) is 0.777. The Bertz CT molecular complexity index is 366. The lowest BCUT2D eigenvalue weighted by Gasteiger charge is -2.51. The molecule has 82 valence electrons. The van der Waals surface area contributed by atoms with Gasteiger partial charge in [-0.15, -0.1) is 0 Å². The maximum Gasteiger partial charge on any atom is 0.0609 e. The van der Waals surface area contributed by atoms with Gasteiger partial charge in [-0.3, -0.25) is 0 Å². The molecule has 1 aromatic carbocycles. The van der Waals surface area contributed by atoms with Crippen LogP contribution in [0.2, 0.25) is 5.02 Å². The van der Waals surface area contributed by atoms with Crippen molar-refractivity contribution in [1.82, 2.24) is 0 Å². The summed E-state index contributed by atoms with van der Waals surface area (Å²) in [4.78, 5) is 0. The molecule has 0 atom stereocenters. The maximum atomic E-state index is 6.24. The van der Waals surface area contributed by atoms with Crippen molar-refractivity contribution in [2.75, 3.05) is 13.2 Å². The third-order valence-corrected chi connectivity index (χ3v) is 3.65. The van der Waals surface area contributed by atoms with Gasteiger partial charge in [0.05, 0.1) is 18.6 Å². The summed E-state index contributed by atoms with van der Waals surface area (Å²) in [6.45, 7) is 5.36. The second-order valence-corrected chi connectivity index (χ2v) is 5.18. The standard InChI is InChI=1S/C12H16ClNO/c1-11(2,14)12(7-15-8-12)9-5-3-4-6-10(9)13/h3-6H,7-8,14H2,1-2H3. The number of hydrogen-bond donors (Lipinski definition) is 1. The Balaban J connectivity index is 2.48. The van der Waals surface area contributed by atoms with E-state index >= 15 is 0 Å². The van der Waals surface area contributed by atoms with Crippen LogP contribution in [0.15, 0.2) is 24.3 Å². The third-order valence-electron chi connectivity index (χ3n) is 3.32. The maximum absolute atomic E-state index is 6.24. The summed E-state index contributed by atoms with van der Waals surface area (Å²) in [5.41, 5.74) is 6.88. The van der Waals surface area contributed by atoms with Crippen LogP contribution in [-0.4, -0.2) is 18.8 Å². The smallest absolute Gasteiger partial charge is 0.0609 e. The first kappa shape index (κ1) is 10.9. The van der Waals surface area contributed by atoms with Crippen molar-refractivity contribution in [3.8, 4) is 0 Å². The molecule has 2 rings (SSSR count). The number of rotatable bonds is 2. The highest BCUT2D eigenvalue weighted by molar-refractivity contribution is 6.31. The zero-order chi connectivity index (χ0) is 11.1. The summed E-state index contributed by atoms with van der Waals surface area (Å²) < 4.78 is 5.34. The Morgan fingerprint density at radius 2 is 1.93 bits per heavy atom. The molecule has 1 fully saturated rings. The van der Waals surface area contributed by atoms with Gasteiger partial charge in [-0.1, -0.05) is 29.8 Å². The molecule has 1 heterocycles. The van der Waals surface area contributed by atoms with Gasteiger partial charge >= 0.3 is 0 Å². The fourth-order valence-electron chi connectivity index (χ4n) is 2.03. The fraction of sp³-hybridized carbons (Fsp3) is 0.500. The molecular weight excluding hydrogens is 210 g/mol. The highest BCUT2D eigenvalue weighted by Gasteiger charge is 2.51. The molecule has 0 bridgehead atoms. The zero-order valence-electron chi connectivity index (χ0n) is 9.09. The minimum atomic E-state index is -0.323. The largest absolute Gasteiger partial charge is 0.379 e. The molecule has 1 saturated heterocycles. The molecule has 0 aliphatic carbocycles. The van der Waals surface area contributed by atoms with E-state index in [0.29, 0.717) is 13.2 Å². The lowest BCUT2D eigenvalue weighted by atomic mass is 9.66. The minimum Gasteiger partial charge on any atom is -0.379 e. The molecule has 0 unspecified atom stereocenters. The quantitative estimate of drug-likeness (QED) is 0.839. The summed E-state index contributed by atoms with van der Waals surface area (Å²) in [6.07, 6.45) is 0. The van der Waals surface area contributed by atoms with Gasteiger partial charge in [0, 0.05) is 10.6 Å². The second-order valence-electron chi connectivity index (χ2n) is 4.78. The van der Waals surface area contributed by atoms with Crippen LogP contribution < -0.4 is 5.73 Å². The highest BCUT2D eigenvalue weighted by atomic mass is 35.5. The van der Waals surface area contributed by atoms with Gasteiger partial charge in [-0.2, -0.15) is 0 Å². The Labute approximate surface area is 95.4 Å². The minimum absolute atomic E-state index is 0.134. The number of ether oxygens (including phenoxy) is 1. The molecule has 0 amide bonds. The molecule has 0 radical (unpaired) electrons. The second kappa shape index (κ2) is 3.48. The van der Waals surface area contributed by atoms with Crippen molar-refractivity contribution in [1.29, 1.82) is 0 Å². The van der Waals surface area contributed by atoms with Gasteiger partial charge in [0.2, 0.25) is 0 Å². The number of hydrogen-bond acceptors (Lipinski definition) is 2. The zero-order valence-corrected chi connectivity index (χ0v) is 9.84. The van der Waals surface area contributed by atoms with Crippen molar-refractivity contribution in [3.63, 3.8) is 0 Å². The van der Waals surface area contributed by atoms with E-state index in [-0.39, 0.29) is 11.0 Å². The highest BCUT2D eigenvalue weighted by Crippen LogP contribution is 2.43. The van der Waals surface area contributed by atoms with Gasteiger partial charge in [0.25, 0.3) is 0 Å². The summed E-state index contributed by atoms with van der Waals surface area (Å²) in [7, 11) is 0. The van der Waals surface area contributed by atoms with Gasteiger partial charge in [-0.25, -0.2) is 0 Å². The average molecular weight is 226 g/mol. The average Bonchev–Trinajstić information content (AvgIpc) is 2.03. The van der Waals surface area contributed by atoms with Crippen molar-refractivity contribution >= 4 is 11.6 Å². The van der Waals surface area contributed by atoms with Crippen LogP contribution in [0.1, 0.15) is 19.4 Å². The van der Waals surface area contributed by atoms with Crippen molar-refractivity contribution in [2.24, 2.45) is 5.73 Å². The topological polar surface area (TPSA) is 35.2 Å². The Morgan fingerprint density at radius 1 is 1.33 bits per heavy atom. The number of halogens is 1. The van der Waals surface area contributed by atoms with Gasteiger partial charge in [-0.05, 0) is 25.5 Å².